The normalized spacial score (nSPS) is 12.0. The van der Waals surface area contributed by atoms with Crippen LogP contribution in [0.4, 0.5) is 5.95 Å². The summed E-state index contributed by atoms with van der Waals surface area (Å²) in [5.74, 6) is 0.751. The molecule has 1 heterocycles. The summed E-state index contributed by atoms with van der Waals surface area (Å²) in [4.78, 5) is 11.1. The Bertz CT molecular complexity index is 816. The lowest BCUT2D eigenvalue weighted by Gasteiger charge is -2.20. The standard InChI is InChI=1S/C22H26N4/c1-17-14-20(25-22(24-17)26(2)3)16-23-21(19-12-8-5-9-13-19)15-18-10-6-4-7-11-18/h4-14,21,23H,15-16H2,1-3H3. The second kappa shape index (κ2) is 8.59. The molecule has 0 radical (unpaired) electrons. The minimum atomic E-state index is 0.233. The molecule has 0 aliphatic rings. The predicted molar refractivity (Wildman–Crippen MR) is 107 cm³/mol. The summed E-state index contributed by atoms with van der Waals surface area (Å²) in [6, 6.07) is 23.5. The van der Waals surface area contributed by atoms with Crippen molar-refractivity contribution in [3.8, 4) is 0 Å². The lowest BCUT2D eigenvalue weighted by molar-refractivity contribution is 0.524. The molecular formula is C22H26N4. The Morgan fingerprint density at radius 2 is 1.58 bits per heavy atom. The summed E-state index contributed by atoms with van der Waals surface area (Å²) >= 11 is 0. The molecule has 0 amide bonds. The first-order valence-corrected chi connectivity index (χ1v) is 8.96. The Morgan fingerprint density at radius 3 is 2.23 bits per heavy atom. The first-order valence-electron chi connectivity index (χ1n) is 8.96. The van der Waals surface area contributed by atoms with Crippen LogP contribution < -0.4 is 10.2 Å². The van der Waals surface area contributed by atoms with E-state index < -0.39 is 0 Å². The van der Waals surface area contributed by atoms with Gasteiger partial charge < -0.3 is 10.2 Å². The highest BCUT2D eigenvalue weighted by Crippen LogP contribution is 2.19. The number of nitrogens with one attached hydrogen (secondary N) is 1. The molecule has 134 valence electrons. The molecule has 0 bridgehead atoms. The summed E-state index contributed by atoms with van der Waals surface area (Å²) in [7, 11) is 3.93. The molecule has 0 saturated heterocycles. The quantitative estimate of drug-likeness (QED) is 0.704. The van der Waals surface area contributed by atoms with Gasteiger partial charge >= 0.3 is 0 Å². The third kappa shape index (κ3) is 4.90. The molecule has 2 aromatic carbocycles. The highest BCUT2D eigenvalue weighted by atomic mass is 15.2. The number of aromatic nitrogens is 2. The molecule has 1 N–H and O–H groups in total. The van der Waals surface area contributed by atoms with Gasteiger partial charge in [0, 0.05) is 32.4 Å². The summed E-state index contributed by atoms with van der Waals surface area (Å²) in [6.07, 6.45) is 0.940. The average Bonchev–Trinajstić information content (AvgIpc) is 2.66. The maximum atomic E-state index is 4.66. The van der Waals surface area contributed by atoms with Crippen molar-refractivity contribution in [1.82, 2.24) is 15.3 Å². The topological polar surface area (TPSA) is 41.1 Å². The van der Waals surface area contributed by atoms with Crippen LogP contribution in [0.15, 0.2) is 66.7 Å². The van der Waals surface area contributed by atoms with E-state index in [1.54, 1.807) is 0 Å². The van der Waals surface area contributed by atoms with Crippen LogP contribution >= 0.6 is 0 Å². The van der Waals surface area contributed by atoms with E-state index in [4.69, 9.17) is 0 Å². The van der Waals surface area contributed by atoms with E-state index in [1.165, 1.54) is 11.1 Å². The molecule has 3 rings (SSSR count). The van der Waals surface area contributed by atoms with Crippen molar-refractivity contribution in [3.05, 3.63) is 89.2 Å². The first kappa shape index (κ1) is 18.1. The second-order valence-electron chi connectivity index (χ2n) is 6.73. The summed E-state index contributed by atoms with van der Waals surface area (Å²) in [5.41, 5.74) is 4.60. The minimum absolute atomic E-state index is 0.233. The molecule has 0 saturated carbocycles. The van der Waals surface area contributed by atoms with Gasteiger partial charge in [-0.15, -0.1) is 0 Å². The van der Waals surface area contributed by atoms with E-state index in [2.05, 4.69) is 75.9 Å². The number of rotatable bonds is 7. The smallest absolute Gasteiger partial charge is 0.225 e. The molecule has 26 heavy (non-hydrogen) atoms. The summed E-state index contributed by atoms with van der Waals surface area (Å²) in [5, 5.41) is 3.69. The van der Waals surface area contributed by atoms with Crippen molar-refractivity contribution < 1.29 is 0 Å². The number of aryl methyl sites for hydroxylation is 1. The molecule has 1 aromatic heterocycles. The van der Waals surface area contributed by atoms with Crippen LogP contribution in [0.1, 0.15) is 28.6 Å². The van der Waals surface area contributed by atoms with Crippen LogP contribution in [0.5, 0.6) is 0 Å². The number of hydrogen-bond acceptors (Lipinski definition) is 4. The number of nitrogens with zero attached hydrogens (tertiary/aromatic N) is 3. The molecule has 3 aromatic rings. The molecule has 0 spiro atoms. The SMILES string of the molecule is Cc1cc(CNC(Cc2ccccc2)c2ccccc2)nc(N(C)C)n1. The van der Waals surface area contributed by atoms with E-state index in [1.807, 2.05) is 32.0 Å². The van der Waals surface area contributed by atoms with Gasteiger partial charge in [-0.2, -0.15) is 0 Å². The van der Waals surface area contributed by atoms with Gasteiger partial charge in [-0.25, -0.2) is 9.97 Å². The van der Waals surface area contributed by atoms with Crippen molar-refractivity contribution in [2.45, 2.75) is 25.9 Å². The minimum Gasteiger partial charge on any atom is -0.347 e. The fourth-order valence-corrected chi connectivity index (χ4v) is 2.98. The lowest BCUT2D eigenvalue weighted by atomic mass is 9.99. The van der Waals surface area contributed by atoms with Crippen molar-refractivity contribution in [1.29, 1.82) is 0 Å². The van der Waals surface area contributed by atoms with Crippen LogP contribution in [-0.4, -0.2) is 24.1 Å². The molecular weight excluding hydrogens is 320 g/mol. The molecule has 4 nitrogen and oxygen atoms in total. The maximum absolute atomic E-state index is 4.66. The highest BCUT2D eigenvalue weighted by molar-refractivity contribution is 5.30. The van der Waals surface area contributed by atoms with Crippen LogP contribution in [0.2, 0.25) is 0 Å². The van der Waals surface area contributed by atoms with Crippen molar-refractivity contribution in [2.24, 2.45) is 0 Å². The lowest BCUT2D eigenvalue weighted by Crippen LogP contribution is -2.24. The van der Waals surface area contributed by atoms with Crippen molar-refractivity contribution in [3.63, 3.8) is 0 Å². The third-order valence-corrected chi connectivity index (χ3v) is 4.31. The van der Waals surface area contributed by atoms with Gasteiger partial charge in [0.15, 0.2) is 0 Å². The van der Waals surface area contributed by atoms with Crippen molar-refractivity contribution in [2.75, 3.05) is 19.0 Å². The summed E-state index contributed by atoms with van der Waals surface area (Å²) in [6.45, 7) is 2.72. The molecule has 1 unspecified atom stereocenters. The maximum Gasteiger partial charge on any atom is 0.225 e. The average molecular weight is 346 g/mol. The van der Waals surface area contributed by atoms with Crippen LogP contribution in [0.3, 0.4) is 0 Å². The Kier molecular flexibility index (Phi) is 5.97. The first-order chi connectivity index (χ1) is 12.6. The Balaban J connectivity index is 1.78. The van der Waals surface area contributed by atoms with E-state index in [-0.39, 0.29) is 6.04 Å². The van der Waals surface area contributed by atoms with Gasteiger partial charge in [-0.1, -0.05) is 60.7 Å². The van der Waals surface area contributed by atoms with Crippen LogP contribution in [-0.2, 0) is 13.0 Å². The second-order valence-corrected chi connectivity index (χ2v) is 6.73. The molecule has 0 fully saturated rings. The van der Waals surface area contributed by atoms with Gasteiger partial charge in [0.05, 0.1) is 5.69 Å². The molecule has 4 heteroatoms. The molecule has 0 aliphatic heterocycles. The fraction of sp³-hybridized carbons (Fsp3) is 0.273. The number of benzene rings is 2. The van der Waals surface area contributed by atoms with Crippen LogP contribution in [0, 0.1) is 6.92 Å². The monoisotopic (exact) mass is 346 g/mol. The predicted octanol–water partition coefficient (Wildman–Crippen LogP) is 3.92. The zero-order chi connectivity index (χ0) is 18.4. The van der Waals surface area contributed by atoms with E-state index in [0.717, 1.165) is 23.8 Å². The number of hydrogen-bond donors (Lipinski definition) is 1. The van der Waals surface area contributed by atoms with Gasteiger partial charge in [0.25, 0.3) is 0 Å². The largest absolute Gasteiger partial charge is 0.347 e. The molecule has 0 aliphatic carbocycles. The van der Waals surface area contributed by atoms with E-state index in [9.17, 15) is 0 Å². The van der Waals surface area contributed by atoms with Gasteiger partial charge in [-0.3, -0.25) is 0 Å². The third-order valence-electron chi connectivity index (χ3n) is 4.31. The Labute approximate surface area is 155 Å². The highest BCUT2D eigenvalue weighted by Gasteiger charge is 2.13. The zero-order valence-corrected chi connectivity index (χ0v) is 15.7. The summed E-state index contributed by atoms with van der Waals surface area (Å²) < 4.78 is 0. The van der Waals surface area contributed by atoms with E-state index >= 15 is 0 Å². The van der Waals surface area contributed by atoms with Gasteiger partial charge in [0.1, 0.15) is 0 Å². The molecule has 1 atom stereocenters. The fourth-order valence-electron chi connectivity index (χ4n) is 2.98. The van der Waals surface area contributed by atoms with E-state index in [0.29, 0.717) is 6.54 Å². The van der Waals surface area contributed by atoms with Gasteiger partial charge in [0.2, 0.25) is 5.95 Å². The Hall–Kier alpha value is -2.72. The Morgan fingerprint density at radius 1 is 0.923 bits per heavy atom. The van der Waals surface area contributed by atoms with Crippen molar-refractivity contribution >= 4 is 5.95 Å². The van der Waals surface area contributed by atoms with Gasteiger partial charge in [-0.05, 0) is 30.5 Å². The number of anilines is 1. The van der Waals surface area contributed by atoms with Crippen LogP contribution in [0.25, 0.3) is 0 Å². The zero-order valence-electron chi connectivity index (χ0n) is 15.7.